The number of carbonyl (C=O) groups excluding carboxylic acids is 2. The fraction of sp³-hybridized carbons (Fsp3) is 0.529. The maximum absolute atomic E-state index is 10.9. The van der Waals surface area contributed by atoms with Crippen molar-refractivity contribution in [2.45, 2.75) is 45.9 Å². The van der Waals surface area contributed by atoms with Crippen LogP contribution in [0, 0.1) is 0 Å². The van der Waals surface area contributed by atoms with Crippen molar-refractivity contribution in [3.63, 3.8) is 0 Å². The second-order valence-electron chi connectivity index (χ2n) is 5.87. The van der Waals surface area contributed by atoms with Gasteiger partial charge in [0, 0.05) is 26.7 Å². The molecule has 23 heavy (non-hydrogen) atoms. The van der Waals surface area contributed by atoms with Crippen LogP contribution in [0.4, 0.5) is 0 Å². The number of hydrogen-bond donors (Lipinski definition) is 0. The Hall–Kier alpha value is -1.66. The van der Waals surface area contributed by atoms with E-state index in [0.29, 0.717) is 26.1 Å². The zero-order valence-corrected chi connectivity index (χ0v) is 15.3. The van der Waals surface area contributed by atoms with Gasteiger partial charge < -0.3 is 13.9 Å². The molecule has 0 saturated carbocycles. The van der Waals surface area contributed by atoms with Crippen molar-refractivity contribution >= 4 is 25.4 Å². The van der Waals surface area contributed by atoms with Crippen LogP contribution in [0.1, 0.15) is 26.7 Å². The molecule has 0 saturated heterocycles. The summed E-state index contributed by atoms with van der Waals surface area (Å²) in [6.45, 7) is 7.65. The normalized spacial score (nSPS) is 11.3. The zero-order valence-electron chi connectivity index (χ0n) is 14.3. The van der Waals surface area contributed by atoms with Crippen LogP contribution in [0.5, 0.6) is 0 Å². The number of hydrogen-bond acceptors (Lipinski definition) is 5. The average molecular weight is 338 g/mol. The van der Waals surface area contributed by atoms with Gasteiger partial charge in [-0.3, -0.25) is 9.59 Å². The Morgan fingerprint density at radius 3 is 1.87 bits per heavy atom. The Labute approximate surface area is 139 Å². The summed E-state index contributed by atoms with van der Waals surface area (Å²) in [5, 5.41) is 1.20. The maximum atomic E-state index is 10.9. The van der Waals surface area contributed by atoms with E-state index in [0.717, 1.165) is 0 Å². The van der Waals surface area contributed by atoms with Crippen molar-refractivity contribution in [2.24, 2.45) is 0 Å². The SMILES string of the molecule is CC(=O)OCCC(CCOC(C)=O)O[Si](C)(C)c1ccccc1. The predicted molar refractivity (Wildman–Crippen MR) is 90.9 cm³/mol. The minimum Gasteiger partial charge on any atom is -0.466 e. The molecule has 0 aliphatic rings. The van der Waals surface area contributed by atoms with Crippen LogP contribution >= 0.6 is 0 Å². The molecule has 0 spiro atoms. The van der Waals surface area contributed by atoms with Crippen molar-refractivity contribution in [3.8, 4) is 0 Å². The molecule has 6 heteroatoms. The molecule has 1 rings (SSSR count). The van der Waals surface area contributed by atoms with Gasteiger partial charge in [0.1, 0.15) is 0 Å². The van der Waals surface area contributed by atoms with Gasteiger partial charge in [-0.15, -0.1) is 0 Å². The van der Waals surface area contributed by atoms with E-state index in [1.54, 1.807) is 0 Å². The molecule has 128 valence electrons. The summed E-state index contributed by atoms with van der Waals surface area (Å²) >= 11 is 0. The molecular formula is C17H26O5Si. The van der Waals surface area contributed by atoms with Crippen molar-refractivity contribution in [1.29, 1.82) is 0 Å². The second-order valence-corrected chi connectivity index (χ2v) is 9.71. The van der Waals surface area contributed by atoms with E-state index >= 15 is 0 Å². The van der Waals surface area contributed by atoms with Gasteiger partial charge in [0.15, 0.2) is 0 Å². The van der Waals surface area contributed by atoms with Crippen LogP contribution in [-0.4, -0.2) is 39.6 Å². The summed E-state index contributed by atoms with van der Waals surface area (Å²) in [7, 11) is -2.08. The first kappa shape index (κ1) is 19.4. The van der Waals surface area contributed by atoms with E-state index in [-0.39, 0.29) is 18.0 Å². The van der Waals surface area contributed by atoms with Gasteiger partial charge in [-0.05, 0) is 18.3 Å². The van der Waals surface area contributed by atoms with Gasteiger partial charge in [-0.2, -0.15) is 0 Å². The highest BCUT2D eigenvalue weighted by Crippen LogP contribution is 2.14. The number of carbonyl (C=O) groups is 2. The molecule has 1 aromatic carbocycles. The van der Waals surface area contributed by atoms with Crippen molar-refractivity contribution in [1.82, 2.24) is 0 Å². The van der Waals surface area contributed by atoms with Crippen LogP contribution in [0.3, 0.4) is 0 Å². The highest BCUT2D eigenvalue weighted by atomic mass is 28.4. The lowest BCUT2D eigenvalue weighted by Crippen LogP contribution is -2.47. The second kappa shape index (κ2) is 9.47. The van der Waals surface area contributed by atoms with Gasteiger partial charge >= 0.3 is 11.9 Å². The van der Waals surface area contributed by atoms with E-state index in [2.05, 4.69) is 25.2 Å². The standard InChI is InChI=1S/C17H26O5Si/c1-14(18)20-12-10-16(11-13-21-15(2)19)22-23(3,4)17-8-6-5-7-9-17/h5-9,16H,10-13H2,1-4H3. The highest BCUT2D eigenvalue weighted by molar-refractivity contribution is 6.84. The Bertz CT molecular complexity index is 481. The van der Waals surface area contributed by atoms with Crippen LogP contribution in [-0.2, 0) is 23.5 Å². The first-order valence-electron chi connectivity index (χ1n) is 7.81. The molecule has 0 N–H and O–H groups in total. The topological polar surface area (TPSA) is 61.8 Å². The molecule has 0 fully saturated rings. The molecule has 0 heterocycles. The van der Waals surface area contributed by atoms with E-state index in [1.165, 1.54) is 19.0 Å². The van der Waals surface area contributed by atoms with Crippen LogP contribution < -0.4 is 5.19 Å². The molecule has 0 aliphatic heterocycles. The van der Waals surface area contributed by atoms with Gasteiger partial charge in [0.2, 0.25) is 8.32 Å². The molecule has 0 atom stereocenters. The van der Waals surface area contributed by atoms with Crippen LogP contribution in [0.15, 0.2) is 30.3 Å². The maximum Gasteiger partial charge on any atom is 0.302 e. The lowest BCUT2D eigenvalue weighted by Gasteiger charge is -2.29. The highest BCUT2D eigenvalue weighted by Gasteiger charge is 2.29. The third kappa shape index (κ3) is 7.95. The lowest BCUT2D eigenvalue weighted by molar-refractivity contribution is -0.141. The van der Waals surface area contributed by atoms with E-state index in [1.807, 2.05) is 18.2 Å². The summed E-state index contributed by atoms with van der Waals surface area (Å²) in [4.78, 5) is 21.8. The third-order valence-electron chi connectivity index (χ3n) is 3.42. The van der Waals surface area contributed by atoms with E-state index in [4.69, 9.17) is 13.9 Å². The Kier molecular flexibility index (Phi) is 7.98. The molecule has 0 aromatic heterocycles. The number of ether oxygens (including phenoxy) is 2. The lowest BCUT2D eigenvalue weighted by atomic mass is 10.2. The minimum atomic E-state index is -2.08. The molecular weight excluding hydrogens is 312 g/mol. The summed E-state index contributed by atoms with van der Waals surface area (Å²) in [5.41, 5.74) is 0. The average Bonchev–Trinajstić information content (AvgIpc) is 2.47. The van der Waals surface area contributed by atoms with Crippen molar-refractivity contribution in [2.75, 3.05) is 13.2 Å². The molecule has 1 aromatic rings. The Morgan fingerprint density at radius 1 is 0.957 bits per heavy atom. The van der Waals surface area contributed by atoms with Gasteiger partial charge in [0.05, 0.1) is 19.3 Å². The Morgan fingerprint density at radius 2 is 1.43 bits per heavy atom. The molecule has 5 nitrogen and oxygen atoms in total. The fourth-order valence-electron chi connectivity index (χ4n) is 2.25. The quantitative estimate of drug-likeness (QED) is 0.511. The third-order valence-corrected chi connectivity index (χ3v) is 6.07. The monoisotopic (exact) mass is 338 g/mol. The summed E-state index contributed by atoms with van der Waals surface area (Å²) in [5.74, 6) is -0.605. The molecule has 0 bridgehead atoms. The van der Waals surface area contributed by atoms with Gasteiger partial charge in [-0.1, -0.05) is 30.3 Å². The number of benzene rings is 1. The first-order valence-corrected chi connectivity index (χ1v) is 10.7. The molecule has 0 unspecified atom stereocenters. The summed E-state index contributed by atoms with van der Waals surface area (Å²) < 4.78 is 16.4. The van der Waals surface area contributed by atoms with Gasteiger partial charge in [-0.25, -0.2) is 0 Å². The number of rotatable bonds is 9. The van der Waals surface area contributed by atoms with E-state index in [9.17, 15) is 9.59 Å². The smallest absolute Gasteiger partial charge is 0.302 e. The summed E-state index contributed by atoms with van der Waals surface area (Å²) in [6.07, 6.45) is 1.06. The molecule has 0 amide bonds. The van der Waals surface area contributed by atoms with Crippen molar-refractivity contribution < 1.29 is 23.5 Å². The van der Waals surface area contributed by atoms with Crippen LogP contribution in [0.25, 0.3) is 0 Å². The Balaban J connectivity index is 2.65. The predicted octanol–water partition coefficient (Wildman–Crippen LogP) is 2.39. The fourth-order valence-corrected chi connectivity index (χ4v) is 4.45. The molecule has 0 radical (unpaired) electrons. The minimum absolute atomic E-state index is 0.115. The van der Waals surface area contributed by atoms with E-state index < -0.39 is 8.32 Å². The first-order chi connectivity index (χ1) is 10.8. The zero-order chi connectivity index (χ0) is 17.3. The van der Waals surface area contributed by atoms with Crippen molar-refractivity contribution in [3.05, 3.63) is 30.3 Å². The molecule has 0 aliphatic carbocycles. The summed E-state index contributed by atoms with van der Waals surface area (Å²) in [6, 6.07) is 10.1. The largest absolute Gasteiger partial charge is 0.466 e. The van der Waals surface area contributed by atoms with Crippen LogP contribution in [0.2, 0.25) is 13.1 Å². The number of esters is 2. The van der Waals surface area contributed by atoms with Gasteiger partial charge in [0.25, 0.3) is 0 Å².